The van der Waals surface area contributed by atoms with Gasteiger partial charge in [0, 0.05) is 10.6 Å². The Labute approximate surface area is 132 Å². The molecule has 0 saturated heterocycles. The molecule has 0 unspecified atom stereocenters. The van der Waals surface area contributed by atoms with E-state index in [2.05, 4.69) is 4.98 Å². The highest BCUT2D eigenvalue weighted by Gasteiger charge is 2.11. The Bertz CT molecular complexity index is 625. The number of thiazole rings is 1. The molecule has 21 heavy (non-hydrogen) atoms. The molecule has 0 aliphatic heterocycles. The summed E-state index contributed by atoms with van der Waals surface area (Å²) in [6.45, 7) is 4.48. The lowest BCUT2D eigenvalue weighted by Crippen LogP contribution is -1.99. The smallest absolute Gasteiger partial charge is 0.308 e. The number of aromatic nitrogens is 1. The highest BCUT2D eigenvalue weighted by Crippen LogP contribution is 2.27. The number of thioether (sulfide) groups is 1. The van der Waals surface area contributed by atoms with Gasteiger partial charge in [0.25, 0.3) is 0 Å². The Morgan fingerprint density at radius 1 is 1.43 bits per heavy atom. The van der Waals surface area contributed by atoms with Gasteiger partial charge in [-0.2, -0.15) is 0 Å². The highest BCUT2D eigenvalue weighted by atomic mass is 32.2. The van der Waals surface area contributed by atoms with E-state index in [1.165, 1.54) is 16.9 Å². The van der Waals surface area contributed by atoms with E-state index >= 15 is 0 Å². The van der Waals surface area contributed by atoms with E-state index in [9.17, 15) is 4.79 Å². The molecule has 0 amide bonds. The third kappa shape index (κ3) is 5.06. The van der Waals surface area contributed by atoms with Crippen molar-refractivity contribution in [2.24, 2.45) is 0 Å². The van der Waals surface area contributed by atoms with E-state index < -0.39 is 5.97 Å². The Hall–Kier alpha value is -1.53. The number of carboxylic acids is 1. The zero-order valence-electron chi connectivity index (χ0n) is 12.0. The predicted molar refractivity (Wildman–Crippen MR) is 85.6 cm³/mol. The van der Waals surface area contributed by atoms with E-state index in [4.69, 9.17) is 9.84 Å². The first kappa shape index (κ1) is 15.9. The number of aliphatic carboxylic acids is 1. The summed E-state index contributed by atoms with van der Waals surface area (Å²) in [4.78, 5) is 15.9. The molecular formula is C15H17NO3S2. The third-order valence-electron chi connectivity index (χ3n) is 2.75. The summed E-state index contributed by atoms with van der Waals surface area (Å²) in [5.41, 5.74) is 1.98. The van der Waals surface area contributed by atoms with Crippen LogP contribution >= 0.6 is 23.1 Å². The van der Waals surface area contributed by atoms with Gasteiger partial charge in [0.1, 0.15) is 5.75 Å². The van der Waals surface area contributed by atoms with Gasteiger partial charge in [-0.05, 0) is 31.5 Å². The number of carbonyl (C=O) groups is 1. The summed E-state index contributed by atoms with van der Waals surface area (Å²) in [7, 11) is 0. The third-order valence-corrected chi connectivity index (χ3v) is 5.02. The fraction of sp³-hybridized carbons (Fsp3) is 0.333. The van der Waals surface area contributed by atoms with Crippen molar-refractivity contribution in [2.75, 3.05) is 12.4 Å². The second kappa shape index (κ2) is 7.47. The van der Waals surface area contributed by atoms with E-state index in [1.54, 1.807) is 11.8 Å². The van der Waals surface area contributed by atoms with Crippen molar-refractivity contribution in [3.8, 4) is 5.75 Å². The lowest BCUT2D eigenvalue weighted by atomic mass is 10.2. The lowest BCUT2D eigenvalue weighted by Gasteiger charge is -2.05. The van der Waals surface area contributed by atoms with E-state index in [0.29, 0.717) is 6.61 Å². The van der Waals surface area contributed by atoms with Gasteiger partial charge < -0.3 is 9.84 Å². The van der Waals surface area contributed by atoms with Crippen LogP contribution in [0.3, 0.4) is 0 Å². The number of nitrogens with zero attached hydrogens (tertiary/aromatic N) is 1. The Kier molecular flexibility index (Phi) is 5.64. The molecule has 1 aromatic heterocycles. The van der Waals surface area contributed by atoms with Crippen LogP contribution in [0.15, 0.2) is 28.6 Å². The molecule has 0 fully saturated rings. The predicted octanol–water partition coefficient (Wildman–Crippen LogP) is 3.56. The molecule has 0 atom stereocenters. The van der Waals surface area contributed by atoms with Crippen molar-refractivity contribution < 1.29 is 14.6 Å². The first-order chi connectivity index (χ1) is 10.0. The Balaban J connectivity index is 1.79. The van der Waals surface area contributed by atoms with Gasteiger partial charge in [-0.1, -0.05) is 23.9 Å². The number of hydrogen-bond donors (Lipinski definition) is 1. The molecule has 0 aliphatic carbocycles. The maximum Gasteiger partial charge on any atom is 0.308 e. The van der Waals surface area contributed by atoms with Gasteiger partial charge in [0.15, 0.2) is 4.34 Å². The molecule has 0 saturated carbocycles. The molecule has 2 rings (SSSR count). The van der Waals surface area contributed by atoms with Crippen LogP contribution in [0.5, 0.6) is 5.75 Å². The van der Waals surface area contributed by atoms with Crippen LogP contribution < -0.4 is 4.74 Å². The number of hydrogen-bond acceptors (Lipinski definition) is 5. The second-order valence-electron chi connectivity index (χ2n) is 4.57. The molecule has 1 N–H and O–H groups in total. The van der Waals surface area contributed by atoms with Gasteiger partial charge in [0.2, 0.25) is 0 Å². The van der Waals surface area contributed by atoms with Crippen LogP contribution in [0.25, 0.3) is 0 Å². The van der Waals surface area contributed by atoms with Crippen LogP contribution in [0.1, 0.15) is 16.1 Å². The summed E-state index contributed by atoms with van der Waals surface area (Å²) in [5, 5.41) is 8.82. The van der Waals surface area contributed by atoms with Crippen molar-refractivity contribution in [2.45, 2.75) is 24.6 Å². The van der Waals surface area contributed by atoms with Gasteiger partial charge in [-0.25, -0.2) is 4.98 Å². The topological polar surface area (TPSA) is 59.4 Å². The van der Waals surface area contributed by atoms with Crippen LogP contribution in [-0.4, -0.2) is 28.4 Å². The summed E-state index contributed by atoms with van der Waals surface area (Å²) in [6.07, 6.45) is 0.0455. The van der Waals surface area contributed by atoms with Gasteiger partial charge in [-0.15, -0.1) is 11.3 Å². The zero-order chi connectivity index (χ0) is 15.2. The monoisotopic (exact) mass is 323 g/mol. The molecule has 6 heteroatoms. The van der Waals surface area contributed by atoms with Crippen LogP contribution in [0, 0.1) is 13.8 Å². The number of rotatable bonds is 7. The molecule has 4 nitrogen and oxygen atoms in total. The number of benzene rings is 1. The average molecular weight is 323 g/mol. The Morgan fingerprint density at radius 3 is 2.95 bits per heavy atom. The largest absolute Gasteiger partial charge is 0.493 e. The van der Waals surface area contributed by atoms with E-state index in [-0.39, 0.29) is 6.42 Å². The van der Waals surface area contributed by atoms with Crippen LogP contribution in [0.2, 0.25) is 0 Å². The van der Waals surface area contributed by atoms with Gasteiger partial charge in [-0.3, -0.25) is 4.79 Å². The highest BCUT2D eigenvalue weighted by molar-refractivity contribution is 8.01. The summed E-state index contributed by atoms with van der Waals surface area (Å²) < 4.78 is 6.57. The first-order valence-electron chi connectivity index (χ1n) is 6.55. The minimum atomic E-state index is -0.818. The summed E-state index contributed by atoms with van der Waals surface area (Å²) in [5.74, 6) is 0.839. The van der Waals surface area contributed by atoms with Crippen molar-refractivity contribution >= 4 is 29.1 Å². The molecule has 112 valence electrons. The number of ether oxygens (including phenoxy) is 1. The fourth-order valence-corrected chi connectivity index (χ4v) is 3.87. The van der Waals surface area contributed by atoms with Crippen molar-refractivity contribution in [3.63, 3.8) is 0 Å². The van der Waals surface area contributed by atoms with E-state index in [0.717, 1.165) is 26.4 Å². The lowest BCUT2D eigenvalue weighted by molar-refractivity contribution is -0.136. The van der Waals surface area contributed by atoms with Crippen LogP contribution in [-0.2, 0) is 11.2 Å². The van der Waals surface area contributed by atoms with E-state index in [1.807, 2.05) is 38.1 Å². The normalized spacial score (nSPS) is 10.6. The SMILES string of the molecule is Cc1cccc(OCCSc2nc(C)c(CC(=O)O)s2)c1. The van der Waals surface area contributed by atoms with Gasteiger partial charge >= 0.3 is 5.97 Å². The summed E-state index contributed by atoms with van der Waals surface area (Å²) in [6, 6.07) is 7.95. The van der Waals surface area contributed by atoms with Crippen LogP contribution in [0.4, 0.5) is 0 Å². The van der Waals surface area contributed by atoms with Crippen molar-refractivity contribution in [3.05, 3.63) is 40.4 Å². The molecule has 1 heterocycles. The molecular weight excluding hydrogens is 306 g/mol. The standard InChI is InChI=1S/C15H17NO3S2/c1-10-4-3-5-12(8-10)19-6-7-20-15-16-11(2)13(21-15)9-14(17)18/h3-5,8H,6-7,9H2,1-2H3,(H,17,18). The quantitative estimate of drug-likeness (QED) is 0.623. The number of aryl methyl sites for hydroxylation is 2. The molecule has 0 aliphatic rings. The average Bonchev–Trinajstić information content (AvgIpc) is 2.75. The molecule has 0 bridgehead atoms. The molecule has 1 aromatic carbocycles. The summed E-state index contributed by atoms with van der Waals surface area (Å²) >= 11 is 3.05. The van der Waals surface area contributed by atoms with Crippen molar-refractivity contribution in [1.82, 2.24) is 4.98 Å². The second-order valence-corrected chi connectivity index (χ2v) is 7.00. The van der Waals surface area contributed by atoms with Gasteiger partial charge in [0.05, 0.1) is 18.7 Å². The molecule has 0 radical (unpaired) electrons. The molecule has 0 spiro atoms. The first-order valence-corrected chi connectivity index (χ1v) is 8.35. The maximum absolute atomic E-state index is 10.7. The Morgan fingerprint density at radius 2 is 2.24 bits per heavy atom. The zero-order valence-corrected chi connectivity index (χ0v) is 13.6. The molecule has 2 aromatic rings. The van der Waals surface area contributed by atoms with Crippen molar-refractivity contribution in [1.29, 1.82) is 0 Å². The fourth-order valence-electron chi connectivity index (χ4n) is 1.76. The maximum atomic E-state index is 10.7. The number of carboxylic acid groups (broad SMARTS) is 1. The minimum absolute atomic E-state index is 0.0455. The minimum Gasteiger partial charge on any atom is -0.493 e.